The predicted molar refractivity (Wildman–Crippen MR) is 127 cm³/mol. The molecule has 0 radical (unpaired) electrons. The van der Waals surface area contributed by atoms with Gasteiger partial charge in [0, 0.05) is 29.0 Å². The number of benzene rings is 3. The molecular formula is C26H25FN4O2. The number of hydrogen-bond acceptors (Lipinski definition) is 3. The molecule has 0 aliphatic carbocycles. The first-order valence-corrected chi connectivity index (χ1v) is 10.8. The number of imidazole rings is 1. The van der Waals surface area contributed by atoms with Crippen LogP contribution in [-0.4, -0.2) is 27.9 Å². The minimum absolute atomic E-state index is 0.142. The zero-order valence-corrected chi connectivity index (χ0v) is 18.7. The summed E-state index contributed by atoms with van der Waals surface area (Å²) in [6.07, 6.45) is 0. The summed E-state index contributed by atoms with van der Waals surface area (Å²) < 4.78 is 15.2. The third-order valence-electron chi connectivity index (χ3n) is 5.25. The fraction of sp³-hybridized carbons (Fsp3) is 0.192. The Labute approximate surface area is 191 Å². The van der Waals surface area contributed by atoms with Crippen LogP contribution < -0.4 is 10.6 Å². The number of carbonyl (C=O) groups is 2. The van der Waals surface area contributed by atoms with Crippen LogP contribution in [-0.2, 0) is 0 Å². The van der Waals surface area contributed by atoms with E-state index in [4.69, 9.17) is 0 Å². The molecule has 7 heteroatoms. The predicted octanol–water partition coefficient (Wildman–Crippen LogP) is 5.11. The monoisotopic (exact) mass is 444 g/mol. The summed E-state index contributed by atoms with van der Waals surface area (Å²) in [6.45, 7) is 6.53. The molecule has 0 saturated carbocycles. The fourth-order valence-electron chi connectivity index (χ4n) is 3.56. The normalized spacial score (nSPS) is 11.1. The number of halogens is 1. The Morgan fingerprint density at radius 1 is 0.939 bits per heavy atom. The van der Waals surface area contributed by atoms with E-state index in [0.717, 1.165) is 22.5 Å². The molecule has 4 aromatic rings. The van der Waals surface area contributed by atoms with Crippen LogP contribution in [0.1, 0.15) is 40.4 Å². The second-order valence-corrected chi connectivity index (χ2v) is 8.31. The van der Waals surface area contributed by atoms with Gasteiger partial charge >= 0.3 is 0 Å². The second-order valence-electron chi connectivity index (χ2n) is 8.31. The van der Waals surface area contributed by atoms with Crippen LogP contribution in [0.15, 0.2) is 66.7 Å². The lowest BCUT2D eigenvalue weighted by atomic mass is 10.1. The van der Waals surface area contributed by atoms with Crippen molar-refractivity contribution in [1.82, 2.24) is 14.9 Å². The van der Waals surface area contributed by atoms with Gasteiger partial charge in [0.05, 0.1) is 11.0 Å². The first kappa shape index (κ1) is 22.2. The van der Waals surface area contributed by atoms with Crippen molar-refractivity contribution in [3.8, 4) is 5.69 Å². The van der Waals surface area contributed by atoms with Crippen LogP contribution in [0.5, 0.6) is 0 Å². The molecule has 2 N–H and O–H groups in total. The number of fused-ring (bicyclic) bond motifs is 1. The number of aromatic nitrogens is 2. The average molecular weight is 445 g/mol. The van der Waals surface area contributed by atoms with Crippen LogP contribution >= 0.6 is 0 Å². The van der Waals surface area contributed by atoms with E-state index in [0.29, 0.717) is 29.3 Å². The highest BCUT2D eigenvalue weighted by atomic mass is 19.1. The molecule has 0 fully saturated rings. The maximum atomic E-state index is 13.4. The lowest BCUT2D eigenvalue weighted by Crippen LogP contribution is -2.27. The van der Waals surface area contributed by atoms with Crippen molar-refractivity contribution in [2.75, 3.05) is 11.9 Å². The molecule has 0 aliphatic heterocycles. The van der Waals surface area contributed by atoms with Gasteiger partial charge in [-0.2, -0.15) is 0 Å². The van der Waals surface area contributed by atoms with Gasteiger partial charge in [-0.1, -0.05) is 13.8 Å². The number of amides is 2. The van der Waals surface area contributed by atoms with Gasteiger partial charge < -0.3 is 10.6 Å². The summed E-state index contributed by atoms with van der Waals surface area (Å²) >= 11 is 0. The molecule has 0 spiro atoms. The van der Waals surface area contributed by atoms with E-state index < -0.39 is 0 Å². The zero-order chi connectivity index (χ0) is 23.5. The molecular weight excluding hydrogens is 419 g/mol. The van der Waals surface area contributed by atoms with Crippen LogP contribution in [0, 0.1) is 18.7 Å². The SMILES string of the molecule is Cc1nc2ccc(C(=O)Nc3ccc(C(=O)NCC(C)C)cc3)cc2n1-c1ccc(F)cc1. The smallest absolute Gasteiger partial charge is 0.255 e. The second kappa shape index (κ2) is 9.24. The van der Waals surface area contributed by atoms with Crippen molar-refractivity contribution in [2.45, 2.75) is 20.8 Å². The van der Waals surface area contributed by atoms with E-state index in [-0.39, 0.29) is 17.6 Å². The Kier molecular flexibility index (Phi) is 6.22. The maximum Gasteiger partial charge on any atom is 0.255 e. The molecule has 1 heterocycles. The van der Waals surface area contributed by atoms with Crippen molar-refractivity contribution in [3.63, 3.8) is 0 Å². The summed E-state index contributed by atoms with van der Waals surface area (Å²) in [4.78, 5) is 29.6. The van der Waals surface area contributed by atoms with Crippen LogP contribution in [0.25, 0.3) is 16.7 Å². The Balaban J connectivity index is 1.54. The number of nitrogens with zero attached hydrogens (tertiary/aromatic N) is 2. The number of hydrogen-bond donors (Lipinski definition) is 2. The Hall–Kier alpha value is -4.00. The third-order valence-corrected chi connectivity index (χ3v) is 5.25. The summed E-state index contributed by atoms with van der Waals surface area (Å²) in [7, 11) is 0. The van der Waals surface area contributed by atoms with Gasteiger partial charge in [0.25, 0.3) is 11.8 Å². The Bertz CT molecular complexity index is 1310. The minimum atomic E-state index is -0.315. The highest BCUT2D eigenvalue weighted by molar-refractivity contribution is 6.06. The van der Waals surface area contributed by atoms with Crippen LogP contribution in [0.3, 0.4) is 0 Å². The lowest BCUT2D eigenvalue weighted by Gasteiger charge is -2.10. The van der Waals surface area contributed by atoms with E-state index in [2.05, 4.69) is 15.6 Å². The number of nitrogens with one attached hydrogen (secondary N) is 2. The van der Waals surface area contributed by atoms with Gasteiger partial charge in [0.1, 0.15) is 11.6 Å². The molecule has 2 amide bonds. The number of aryl methyl sites for hydroxylation is 1. The van der Waals surface area contributed by atoms with Crippen molar-refractivity contribution in [3.05, 3.63) is 89.5 Å². The van der Waals surface area contributed by atoms with Crippen molar-refractivity contribution >= 4 is 28.5 Å². The van der Waals surface area contributed by atoms with Gasteiger partial charge in [-0.3, -0.25) is 14.2 Å². The van der Waals surface area contributed by atoms with E-state index in [1.165, 1.54) is 12.1 Å². The highest BCUT2D eigenvalue weighted by Gasteiger charge is 2.14. The topological polar surface area (TPSA) is 76.0 Å². The molecule has 0 atom stereocenters. The number of carbonyl (C=O) groups excluding carboxylic acids is 2. The van der Waals surface area contributed by atoms with Crippen molar-refractivity contribution in [2.24, 2.45) is 5.92 Å². The standard InChI is InChI=1S/C26H25FN4O2/c1-16(2)15-28-25(32)18-4-9-21(10-5-18)30-26(33)19-6-13-23-24(14-19)31(17(3)29-23)22-11-7-20(27)8-12-22/h4-14,16H,15H2,1-3H3,(H,28,32)(H,30,33). The van der Waals surface area contributed by atoms with E-state index in [1.54, 1.807) is 54.6 Å². The Morgan fingerprint density at radius 2 is 1.61 bits per heavy atom. The highest BCUT2D eigenvalue weighted by Crippen LogP contribution is 2.23. The average Bonchev–Trinajstić information content (AvgIpc) is 3.13. The van der Waals surface area contributed by atoms with Crippen LogP contribution in [0.4, 0.5) is 10.1 Å². The largest absolute Gasteiger partial charge is 0.352 e. The van der Waals surface area contributed by atoms with Gasteiger partial charge in [0.15, 0.2) is 0 Å². The van der Waals surface area contributed by atoms with Gasteiger partial charge in [-0.05, 0) is 79.6 Å². The molecule has 4 rings (SSSR count). The molecule has 6 nitrogen and oxygen atoms in total. The van der Waals surface area contributed by atoms with Crippen molar-refractivity contribution < 1.29 is 14.0 Å². The molecule has 0 saturated heterocycles. The number of anilines is 1. The fourth-order valence-corrected chi connectivity index (χ4v) is 3.56. The Morgan fingerprint density at radius 3 is 2.27 bits per heavy atom. The third kappa shape index (κ3) is 4.92. The first-order chi connectivity index (χ1) is 15.8. The molecule has 0 bridgehead atoms. The van der Waals surface area contributed by atoms with Gasteiger partial charge in [0.2, 0.25) is 0 Å². The summed E-state index contributed by atoms with van der Waals surface area (Å²) in [5.41, 5.74) is 3.84. The maximum absolute atomic E-state index is 13.4. The molecule has 0 aliphatic rings. The van der Waals surface area contributed by atoms with Crippen molar-refractivity contribution in [1.29, 1.82) is 0 Å². The quantitative estimate of drug-likeness (QED) is 0.434. The van der Waals surface area contributed by atoms with E-state index in [1.807, 2.05) is 25.3 Å². The zero-order valence-electron chi connectivity index (χ0n) is 18.7. The lowest BCUT2D eigenvalue weighted by molar-refractivity contribution is 0.0948. The first-order valence-electron chi connectivity index (χ1n) is 10.8. The molecule has 0 unspecified atom stereocenters. The van der Waals surface area contributed by atoms with Gasteiger partial charge in [-0.25, -0.2) is 9.37 Å². The molecule has 33 heavy (non-hydrogen) atoms. The van der Waals surface area contributed by atoms with Gasteiger partial charge in [-0.15, -0.1) is 0 Å². The molecule has 168 valence electrons. The molecule has 3 aromatic carbocycles. The summed E-state index contributed by atoms with van der Waals surface area (Å²) in [5, 5.41) is 5.73. The minimum Gasteiger partial charge on any atom is -0.352 e. The number of rotatable bonds is 6. The summed E-state index contributed by atoms with van der Waals surface area (Å²) in [5.74, 6) is 0.368. The molecule has 1 aromatic heterocycles. The van der Waals surface area contributed by atoms with E-state index >= 15 is 0 Å². The van der Waals surface area contributed by atoms with E-state index in [9.17, 15) is 14.0 Å². The van der Waals surface area contributed by atoms with Crippen LogP contribution in [0.2, 0.25) is 0 Å². The summed E-state index contributed by atoms with van der Waals surface area (Å²) in [6, 6.07) is 18.2.